The molecule has 1 aromatic rings. The van der Waals surface area contributed by atoms with Crippen LogP contribution in [0.4, 0.5) is 10.5 Å². The van der Waals surface area contributed by atoms with Crippen LogP contribution in [0.25, 0.3) is 0 Å². The Morgan fingerprint density at radius 3 is 2.57 bits per heavy atom. The molecule has 0 saturated heterocycles. The second kappa shape index (κ2) is 6.75. The number of aromatic carboxylic acids is 1. The quantitative estimate of drug-likeness (QED) is 0.891. The fraction of sp³-hybridized carbons (Fsp3) is 0.400. The number of urea groups is 1. The number of carboxylic acids is 1. The third-order valence-corrected chi connectivity index (χ3v) is 3.52. The SMILES string of the molecule is Cc1cc(NC(=O)N(C)C(C)CC#N)cc(C(=O)O)c1C. The zero-order chi connectivity index (χ0) is 16.2. The van der Waals surface area contributed by atoms with Crippen LogP contribution >= 0.6 is 0 Å². The Bertz CT molecular complexity index is 605. The summed E-state index contributed by atoms with van der Waals surface area (Å²) in [5.74, 6) is -1.03. The molecule has 2 amide bonds. The van der Waals surface area contributed by atoms with Gasteiger partial charge in [-0.05, 0) is 44.0 Å². The van der Waals surface area contributed by atoms with Crippen molar-refractivity contribution in [1.29, 1.82) is 5.26 Å². The Hall–Kier alpha value is -2.55. The van der Waals surface area contributed by atoms with Crippen molar-refractivity contribution in [3.63, 3.8) is 0 Å². The number of nitrogens with one attached hydrogen (secondary N) is 1. The molecule has 1 unspecified atom stereocenters. The number of nitrogens with zero attached hydrogens (tertiary/aromatic N) is 2. The molecule has 1 aromatic carbocycles. The summed E-state index contributed by atoms with van der Waals surface area (Å²) in [7, 11) is 1.59. The van der Waals surface area contributed by atoms with E-state index in [1.54, 1.807) is 33.9 Å². The highest BCUT2D eigenvalue weighted by Crippen LogP contribution is 2.20. The maximum absolute atomic E-state index is 12.1. The minimum Gasteiger partial charge on any atom is -0.478 e. The number of amides is 2. The predicted octanol–water partition coefficient (Wildman–Crippen LogP) is 2.77. The summed E-state index contributed by atoms with van der Waals surface area (Å²) in [5.41, 5.74) is 2.05. The number of hydrogen-bond donors (Lipinski definition) is 2. The van der Waals surface area contributed by atoms with Gasteiger partial charge < -0.3 is 15.3 Å². The average Bonchev–Trinajstić information content (AvgIpc) is 2.41. The van der Waals surface area contributed by atoms with Gasteiger partial charge in [0.1, 0.15) is 0 Å². The van der Waals surface area contributed by atoms with E-state index in [-0.39, 0.29) is 24.1 Å². The first-order chi connectivity index (χ1) is 9.77. The van der Waals surface area contributed by atoms with Gasteiger partial charge in [-0.25, -0.2) is 9.59 Å². The van der Waals surface area contributed by atoms with Crippen molar-refractivity contribution in [2.45, 2.75) is 33.2 Å². The standard InChI is InChI=1S/C15H19N3O3/c1-9-7-12(8-13(11(9)3)14(19)20)17-15(21)18(4)10(2)5-6-16/h7-8,10H,5H2,1-4H3,(H,17,21)(H,19,20). The summed E-state index contributed by atoms with van der Waals surface area (Å²) in [5, 5.41) is 20.5. The summed E-state index contributed by atoms with van der Waals surface area (Å²) in [4.78, 5) is 24.7. The van der Waals surface area contributed by atoms with Crippen molar-refractivity contribution in [3.8, 4) is 6.07 Å². The first kappa shape index (κ1) is 16.5. The molecular formula is C15H19N3O3. The van der Waals surface area contributed by atoms with Crippen molar-refractivity contribution in [1.82, 2.24) is 4.90 Å². The van der Waals surface area contributed by atoms with E-state index in [1.807, 2.05) is 6.07 Å². The van der Waals surface area contributed by atoms with Gasteiger partial charge in [0.25, 0.3) is 0 Å². The molecule has 0 fully saturated rings. The Morgan fingerprint density at radius 2 is 2.05 bits per heavy atom. The largest absolute Gasteiger partial charge is 0.478 e. The maximum atomic E-state index is 12.1. The number of anilines is 1. The number of rotatable bonds is 4. The summed E-state index contributed by atoms with van der Waals surface area (Å²) in [6.45, 7) is 5.29. The molecule has 0 spiro atoms. The number of nitriles is 1. The van der Waals surface area contributed by atoms with Crippen LogP contribution < -0.4 is 5.32 Å². The second-order valence-corrected chi connectivity index (χ2v) is 5.02. The van der Waals surface area contributed by atoms with Crippen LogP contribution in [0.1, 0.15) is 34.8 Å². The summed E-state index contributed by atoms with van der Waals surface area (Å²) in [6.07, 6.45) is 0.233. The molecule has 21 heavy (non-hydrogen) atoms. The lowest BCUT2D eigenvalue weighted by Crippen LogP contribution is -2.38. The van der Waals surface area contributed by atoms with E-state index in [0.717, 1.165) is 5.56 Å². The molecule has 0 aromatic heterocycles. The number of benzene rings is 1. The lowest BCUT2D eigenvalue weighted by molar-refractivity contribution is 0.0696. The van der Waals surface area contributed by atoms with Crippen LogP contribution in [0.15, 0.2) is 12.1 Å². The monoisotopic (exact) mass is 289 g/mol. The Balaban J connectivity index is 2.96. The predicted molar refractivity (Wildman–Crippen MR) is 79.3 cm³/mol. The number of carboxylic acid groups (broad SMARTS) is 1. The molecule has 0 heterocycles. The minimum atomic E-state index is -1.03. The third kappa shape index (κ3) is 3.96. The summed E-state index contributed by atoms with van der Waals surface area (Å²) < 4.78 is 0. The number of hydrogen-bond acceptors (Lipinski definition) is 3. The average molecular weight is 289 g/mol. The van der Waals surface area contributed by atoms with E-state index in [4.69, 9.17) is 10.4 Å². The zero-order valence-corrected chi connectivity index (χ0v) is 12.6. The molecule has 0 aliphatic heterocycles. The van der Waals surface area contributed by atoms with E-state index in [0.29, 0.717) is 11.3 Å². The molecule has 0 bridgehead atoms. The van der Waals surface area contributed by atoms with Crippen molar-refractivity contribution in [3.05, 3.63) is 28.8 Å². The molecule has 0 radical (unpaired) electrons. The molecule has 0 saturated carbocycles. The molecule has 1 atom stereocenters. The van der Waals surface area contributed by atoms with Gasteiger partial charge in [-0.1, -0.05) is 0 Å². The van der Waals surface area contributed by atoms with Crippen molar-refractivity contribution >= 4 is 17.7 Å². The lowest BCUT2D eigenvalue weighted by atomic mass is 10.0. The van der Waals surface area contributed by atoms with Crippen LogP contribution in [0.2, 0.25) is 0 Å². The van der Waals surface area contributed by atoms with Crippen molar-refractivity contribution < 1.29 is 14.7 Å². The van der Waals surface area contributed by atoms with Gasteiger partial charge in [-0.2, -0.15) is 5.26 Å². The molecular weight excluding hydrogens is 270 g/mol. The lowest BCUT2D eigenvalue weighted by Gasteiger charge is -2.23. The second-order valence-electron chi connectivity index (χ2n) is 5.02. The minimum absolute atomic E-state index is 0.165. The molecule has 6 heteroatoms. The van der Waals surface area contributed by atoms with Crippen LogP contribution in [-0.2, 0) is 0 Å². The molecule has 1 rings (SSSR count). The zero-order valence-electron chi connectivity index (χ0n) is 12.6. The Morgan fingerprint density at radius 1 is 1.43 bits per heavy atom. The van der Waals surface area contributed by atoms with E-state index < -0.39 is 5.97 Å². The smallest absolute Gasteiger partial charge is 0.336 e. The fourth-order valence-corrected chi connectivity index (χ4v) is 1.83. The van der Waals surface area contributed by atoms with Gasteiger partial charge in [0.2, 0.25) is 0 Å². The number of aryl methyl sites for hydroxylation is 1. The van der Waals surface area contributed by atoms with Gasteiger partial charge in [-0.15, -0.1) is 0 Å². The number of carbonyl (C=O) groups is 2. The van der Waals surface area contributed by atoms with Crippen molar-refractivity contribution in [2.24, 2.45) is 0 Å². The van der Waals surface area contributed by atoms with Gasteiger partial charge >= 0.3 is 12.0 Å². The van der Waals surface area contributed by atoms with Crippen LogP contribution in [0.3, 0.4) is 0 Å². The topological polar surface area (TPSA) is 93.4 Å². The molecule has 2 N–H and O–H groups in total. The van der Waals surface area contributed by atoms with E-state index in [2.05, 4.69) is 5.32 Å². The molecule has 6 nitrogen and oxygen atoms in total. The fourth-order valence-electron chi connectivity index (χ4n) is 1.83. The van der Waals surface area contributed by atoms with Crippen LogP contribution in [-0.4, -0.2) is 35.1 Å². The summed E-state index contributed by atoms with van der Waals surface area (Å²) in [6, 6.07) is 4.57. The normalized spacial score (nSPS) is 11.4. The van der Waals surface area contributed by atoms with Crippen molar-refractivity contribution in [2.75, 3.05) is 12.4 Å². The van der Waals surface area contributed by atoms with E-state index in [1.165, 1.54) is 11.0 Å². The highest BCUT2D eigenvalue weighted by molar-refractivity contribution is 5.94. The van der Waals surface area contributed by atoms with Gasteiger partial charge in [0.15, 0.2) is 0 Å². The van der Waals surface area contributed by atoms with Crippen LogP contribution in [0.5, 0.6) is 0 Å². The first-order valence-electron chi connectivity index (χ1n) is 6.53. The van der Waals surface area contributed by atoms with Gasteiger partial charge in [0, 0.05) is 18.8 Å². The Kier molecular flexibility index (Phi) is 5.30. The molecule has 112 valence electrons. The Labute approximate surface area is 124 Å². The first-order valence-corrected chi connectivity index (χ1v) is 6.53. The molecule has 0 aliphatic rings. The molecule has 0 aliphatic carbocycles. The third-order valence-electron chi connectivity index (χ3n) is 3.52. The maximum Gasteiger partial charge on any atom is 0.336 e. The number of carbonyl (C=O) groups excluding carboxylic acids is 1. The highest BCUT2D eigenvalue weighted by atomic mass is 16.4. The summed E-state index contributed by atoms with van der Waals surface area (Å²) >= 11 is 0. The van der Waals surface area contributed by atoms with E-state index >= 15 is 0 Å². The van der Waals surface area contributed by atoms with Gasteiger partial charge in [0.05, 0.1) is 18.1 Å². The van der Waals surface area contributed by atoms with Crippen LogP contribution in [0, 0.1) is 25.2 Å². The van der Waals surface area contributed by atoms with Gasteiger partial charge in [-0.3, -0.25) is 0 Å². The van der Waals surface area contributed by atoms with E-state index in [9.17, 15) is 9.59 Å². The highest BCUT2D eigenvalue weighted by Gasteiger charge is 2.17.